The van der Waals surface area contributed by atoms with E-state index in [4.69, 9.17) is 5.73 Å². The summed E-state index contributed by atoms with van der Waals surface area (Å²) in [5, 5.41) is 0. The van der Waals surface area contributed by atoms with Crippen LogP contribution >= 0.6 is 0 Å². The smallest absolute Gasteiger partial charge is 0.223 e. The lowest BCUT2D eigenvalue weighted by molar-refractivity contribution is -0.122. The second-order valence-corrected chi connectivity index (χ2v) is 5.37. The summed E-state index contributed by atoms with van der Waals surface area (Å²) < 4.78 is 0. The Kier molecular flexibility index (Phi) is 4.50. The van der Waals surface area contributed by atoms with Crippen molar-refractivity contribution in [1.82, 2.24) is 14.8 Å². The first-order chi connectivity index (χ1) is 9.04. The Balaban J connectivity index is 2.04. The summed E-state index contributed by atoms with van der Waals surface area (Å²) in [4.78, 5) is 20.4. The molecule has 1 fully saturated rings. The zero-order chi connectivity index (χ0) is 13.8. The van der Waals surface area contributed by atoms with Gasteiger partial charge >= 0.3 is 0 Å². The van der Waals surface area contributed by atoms with Crippen molar-refractivity contribution in [3.05, 3.63) is 29.6 Å². The van der Waals surface area contributed by atoms with Crippen LogP contribution in [-0.2, 0) is 11.3 Å². The minimum absolute atomic E-state index is 0.0997. The lowest BCUT2D eigenvalue weighted by Crippen LogP contribution is -2.37. The second kappa shape index (κ2) is 6.12. The first-order valence-corrected chi connectivity index (χ1v) is 6.67. The predicted octanol–water partition coefficient (Wildman–Crippen LogP) is 0.239. The number of rotatable bonds is 3. The number of aryl methyl sites for hydroxylation is 1. The van der Waals surface area contributed by atoms with Gasteiger partial charge in [0.1, 0.15) is 0 Å². The molecule has 0 radical (unpaired) electrons. The van der Waals surface area contributed by atoms with Gasteiger partial charge in [-0.25, -0.2) is 0 Å². The molecule has 2 rings (SSSR count). The van der Waals surface area contributed by atoms with Gasteiger partial charge in [0.2, 0.25) is 5.91 Å². The van der Waals surface area contributed by atoms with Crippen molar-refractivity contribution in [3.63, 3.8) is 0 Å². The van der Waals surface area contributed by atoms with Gasteiger partial charge in [-0.15, -0.1) is 0 Å². The van der Waals surface area contributed by atoms with Crippen molar-refractivity contribution in [2.45, 2.75) is 13.5 Å². The van der Waals surface area contributed by atoms with E-state index in [0.717, 1.165) is 44.1 Å². The largest absolute Gasteiger partial charge is 0.369 e. The van der Waals surface area contributed by atoms with Crippen LogP contribution in [-0.4, -0.2) is 53.9 Å². The molecule has 0 unspecified atom stereocenters. The third-order valence-corrected chi connectivity index (χ3v) is 3.54. The van der Waals surface area contributed by atoms with Gasteiger partial charge in [0.05, 0.1) is 11.6 Å². The number of hydrogen-bond donors (Lipinski definition) is 1. The quantitative estimate of drug-likeness (QED) is 0.847. The molecule has 19 heavy (non-hydrogen) atoms. The highest BCUT2D eigenvalue weighted by molar-refractivity contribution is 5.77. The van der Waals surface area contributed by atoms with Gasteiger partial charge in [-0.3, -0.25) is 14.7 Å². The van der Waals surface area contributed by atoms with Gasteiger partial charge in [-0.05, 0) is 26.1 Å². The van der Waals surface area contributed by atoms with E-state index in [1.54, 1.807) is 0 Å². The molecule has 1 aromatic heterocycles. The Hall–Kier alpha value is -1.46. The normalized spacial score (nSPS) is 22.1. The number of carbonyl (C=O) groups is 1. The SMILES string of the molecule is Cc1cccc(CN2CCN(C)C[C@H](C(N)=O)C2)n1. The highest BCUT2D eigenvalue weighted by Crippen LogP contribution is 2.11. The molecule has 0 spiro atoms. The molecule has 1 amide bonds. The molecule has 104 valence electrons. The van der Waals surface area contributed by atoms with E-state index in [9.17, 15) is 4.79 Å². The van der Waals surface area contributed by atoms with E-state index in [1.807, 2.05) is 32.2 Å². The van der Waals surface area contributed by atoms with Crippen LogP contribution < -0.4 is 5.73 Å². The van der Waals surface area contributed by atoms with E-state index in [0.29, 0.717) is 0 Å². The zero-order valence-corrected chi connectivity index (χ0v) is 11.7. The minimum Gasteiger partial charge on any atom is -0.369 e. The molecule has 5 nitrogen and oxygen atoms in total. The van der Waals surface area contributed by atoms with Crippen LogP contribution in [0.3, 0.4) is 0 Å². The maximum Gasteiger partial charge on any atom is 0.223 e. The molecule has 0 aromatic carbocycles. The number of primary amides is 1. The van der Waals surface area contributed by atoms with Crippen LogP contribution in [0.2, 0.25) is 0 Å². The average Bonchev–Trinajstić information content (AvgIpc) is 2.52. The lowest BCUT2D eigenvalue weighted by Gasteiger charge is -2.21. The van der Waals surface area contributed by atoms with Crippen molar-refractivity contribution >= 4 is 5.91 Å². The van der Waals surface area contributed by atoms with Crippen LogP contribution in [0.15, 0.2) is 18.2 Å². The Morgan fingerprint density at radius 2 is 2.21 bits per heavy atom. The summed E-state index contributed by atoms with van der Waals surface area (Å²) in [6, 6.07) is 6.04. The lowest BCUT2D eigenvalue weighted by atomic mass is 10.1. The van der Waals surface area contributed by atoms with Crippen molar-refractivity contribution in [3.8, 4) is 0 Å². The highest BCUT2D eigenvalue weighted by atomic mass is 16.1. The Morgan fingerprint density at radius 1 is 1.42 bits per heavy atom. The molecule has 1 aliphatic rings. The van der Waals surface area contributed by atoms with E-state index in [2.05, 4.69) is 14.8 Å². The van der Waals surface area contributed by atoms with E-state index >= 15 is 0 Å². The van der Waals surface area contributed by atoms with E-state index < -0.39 is 0 Å². The number of nitrogens with two attached hydrogens (primary N) is 1. The molecule has 5 heteroatoms. The Bertz CT molecular complexity index is 449. The number of likely N-dealkylation sites (N-methyl/N-ethyl adjacent to an activating group) is 1. The van der Waals surface area contributed by atoms with Gasteiger partial charge in [-0.1, -0.05) is 6.07 Å². The van der Waals surface area contributed by atoms with E-state index in [1.165, 1.54) is 0 Å². The summed E-state index contributed by atoms with van der Waals surface area (Å²) in [7, 11) is 2.03. The van der Waals surface area contributed by atoms with Gasteiger partial charge in [0, 0.05) is 38.4 Å². The summed E-state index contributed by atoms with van der Waals surface area (Å²) in [5.74, 6) is -0.312. The Labute approximate surface area is 114 Å². The molecule has 1 aliphatic heterocycles. The molecule has 1 aromatic rings. The first-order valence-electron chi connectivity index (χ1n) is 6.67. The first kappa shape index (κ1) is 14.0. The van der Waals surface area contributed by atoms with Crippen LogP contribution in [0.5, 0.6) is 0 Å². The van der Waals surface area contributed by atoms with Gasteiger partial charge in [0.25, 0.3) is 0 Å². The van der Waals surface area contributed by atoms with Crippen LogP contribution in [0.4, 0.5) is 0 Å². The number of hydrogen-bond acceptors (Lipinski definition) is 4. The standard InChI is InChI=1S/C14H22N4O/c1-11-4-3-5-13(16-11)10-18-7-6-17(2)8-12(9-18)14(15)19/h3-5,12H,6-10H2,1-2H3,(H2,15,19)/t12-/m0/s1. The van der Waals surface area contributed by atoms with Gasteiger partial charge in [0.15, 0.2) is 0 Å². The molecule has 1 saturated heterocycles. The average molecular weight is 262 g/mol. The predicted molar refractivity (Wildman–Crippen MR) is 74.4 cm³/mol. The van der Waals surface area contributed by atoms with Crippen molar-refractivity contribution in [2.24, 2.45) is 11.7 Å². The maximum absolute atomic E-state index is 11.5. The highest BCUT2D eigenvalue weighted by Gasteiger charge is 2.24. The molecule has 0 saturated carbocycles. The van der Waals surface area contributed by atoms with Gasteiger partial charge < -0.3 is 10.6 Å². The maximum atomic E-state index is 11.5. The fourth-order valence-electron chi connectivity index (χ4n) is 2.48. The number of aromatic nitrogens is 1. The summed E-state index contributed by atoms with van der Waals surface area (Å²) in [6.07, 6.45) is 0. The molecular weight excluding hydrogens is 240 g/mol. The number of pyridine rings is 1. The van der Waals surface area contributed by atoms with Gasteiger partial charge in [-0.2, -0.15) is 0 Å². The topological polar surface area (TPSA) is 62.5 Å². The fraction of sp³-hybridized carbons (Fsp3) is 0.571. The second-order valence-electron chi connectivity index (χ2n) is 5.37. The molecule has 0 bridgehead atoms. The van der Waals surface area contributed by atoms with Crippen LogP contribution in [0.25, 0.3) is 0 Å². The minimum atomic E-state index is -0.212. The summed E-state index contributed by atoms with van der Waals surface area (Å²) >= 11 is 0. The summed E-state index contributed by atoms with van der Waals surface area (Å²) in [6.45, 7) is 6.12. The number of amides is 1. The van der Waals surface area contributed by atoms with Crippen LogP contribution in [0.1, 0.15) is 11.4 Å². The molecule has 2 N–H and O–H groups in total. The number of nitrogens with zero attached hydrogens (tertiary/aromatic N) is 3. The van der Waals surface area contributed by atoms with Crippen molar-refractivity contribution in [2.75, 3.05) is 33.2 Å². The fourth-order valence-corrected chi connectivity index (χ4v) is 2.48. The van der Waals surface area contributed by atoms with Crippen molar-refractivity contribution in [1.29, 1.82) is 0 Å². The summed E-state index contributed by atoms with van der Waals surface area (Å²) in [5.41, 5.74) is 7.54. The Morgan fingerprint density at radius 3 is 2.89 bits per heavy atom. The molecular formula is C14H22N4O. The van der Waals surface area contributed by atoms with Crippen molar-refractivity contribution < 1.29 is 4.79 Å². The molecule has 0 aliphatic carbocycles. The number of carbonyl (C=O) groups excluding carboxylic acids is 1. The molecule has 2 heterocycles. The van der Waals surface area contributed by atoms with Crippen LogP contribution in [0, 0.1) is 12.8 Å². The molecule has 1 atom stereocenters. The zero-order valence-electron chi connectivity index (χ0n) is 11.7. The third kappa shape index (κ3) is 4.01. The third-order valence-electron chi connectivity index (χ3n) is 3.54. The van der Waals surface area contributed by atoms with E-state index in [-0.39, 0.29) is 11.8 Å². The monoisotopic (exact) mass is 262 g/mol.